The highest BCUT2D eigenvalue weighted by Crippen LogP contribution is 2.27. The normalized spacial score (nSPS) is 11.4. The SMILES string of the molecule is Cc1ccc(C(=O)/C=C/c2cn(Cc3ccc(Cl)cc3Cl)c3ccccc23)cc1. The van der Waals surface area contributed by atoms with Crippen molar-refractivity contribution in [2.45, 2.75) is 13.5 Å². The summed E-state index contributed by atoms with van der Waals surface area (Å²) in [6.07, 6.45) is 5.56. The highest BCUT2D eigenvalue weighted by Gasteiger charge is 2.09. The van der Waals surface area contributed by atoms with Crippen molar-refractivity contribution in [2.24, 2.45) is 0 Å². The summed E-state index contributed by atoms with van der Waals surface area (Å²) in [5, 5.41) is 2.35. The fourth-order valence-electron chi connectivity index (χ4n) is 3.35. The number of halogens is 2. The lowest BCUT2D eigenvalue weighted by atomic mass is 10.1. The number of fused-ring (bicyclic) bond motifs is 1. The zero-order valence-corrected chi connectivity index (χ0v) is 17.4. The molecule has 1 heterocycles. The van der Waals surface area contributed by atoms with Gasteiger partial charge in [0.1, 0.15) is 0 Å². The van der Waals surface area contributed by atoms with Crippen molar-refractivity contribution >= 4 is 46.0 Å². The Morgan fingerprint density at radius 3 is 2.52 bits per heavy atom. The first-order valence-electron chi connectivity index (χ1n) is 9.32. The number of allylic oxidation sites excluding steroid dienone is 1. The van der Waals surface area contributed by atoms with Crippen molar-refractivity contribution < 1.29 is 4.79 Å². The van der Waals surface area contributed by atoms with Crippen molar-refractivity contribution in [3.8, 4) is 0 Å². The first-order chi connectivity index (χ1) is 14.0. The molecule has 0 fully saturated rings. The zero-order valence-electron chi connectivity index (χ0n) is 15.9. The maximum absolute atomic E-state index is 12.5. The van der Waals surface area contributed by atoms with E-state index in [2.05, 4.69) is 22.9 Å². The minimum Gasteiger partial charge on any atom is -0.342 e. The van der Waals surface area contributed by atoms with Crippen LogP contribution in [0.15, 0.2) is 79.0 Å². The highest BCUT2D eigenvalue weighted by atomic mass is 35.5. The fraction of sp³-hybridized carbons (Fsp3) is 0.0800. The van der Waals surface area contributed by atoms with Gasteiger partial charge in [-0.3, -0.25) is 4.79 Å². The standard InChI is InChI=1S/C25H19Cl2NO/c1-17-6-8-18(9-7-17)25(29)13-11-19-15-28(24-5-3-2-4-22(19)24)16-20-10-12-21(26)14-23(20)27/h2-15H,16H2,1H3/b13-11+. The largest absolute Gasteiger partial charge is 0.342 e. The summed E-state index contributed by atoms with van der Waals surface area (Å²) < 4.78 is 2.14. The Hall–Kier alpha value is -2.81. The van der Waals surface area contributed by atoms with Gasteiger partial charge in [0.15, 0.2) is 5.78 Å². The van der Waals surface area contributed by atoms with Crippen molar-refractivity contribution in [1.82, 2.24) is 4.57 Å². The number of aromatic nitrogens is 1. The molecule has 0 atom stereocenters. The van der Waals surface area contributed by atoms with Crippen LogP contribution in [0.25, 0.3) is 17.0 Å². The number of nitrogens with zero attached hydrogens (tertiary/aromatic N) is 1. The van der Waals surface area contributed by atoms with Gasteiger partial charge in [-0.05, 0) is 42.8 Å². The van der Waals surface area contributed by atoms with Crippen LogP contribution in [0.3, 0.4) is 0 Å². The molecule has 0 N–H and O–H groups in total. The van der Waals surface area contributed by atoms with Crippen molar-refractivity contribution in [3.63, 3.8) is 0 Å². The Morgan fingerprint density at radius 2 is 1.76 bits per heavy atom. The van der Waals surface area contributed by atoms with E-state index in [-0.39, 0.29) is 5.78 Å². The van der Waals surface area contributed by atoms with Gasteiger partial charge in [0, 0.05) is 44.8 Å². The molecule has 0 bridgehead atoms. The summed E-state index contributed by atoms with van der Waals surface area (Å²) in [6.45, 7) is 2.63. The average Bonchev–Trinajstić information content (AvgIpc) is 3.06. The Bertz CT molecular complexity index is 1220. The molecule has 0 radical (unpaired) electrons. The van der Waals surface area contributed by atoms with E-state index in [1.54, 1.807) is 12.1 Å². The molecule has 0 aliphatic rings. The van der Waals surface area contributed by atoms with Gasteiger partial charge in [-0.15, -0.1) is 0 Å². The average molecular weight is 420 g/mol. The van der Waals surface area contributed by atoms with Gasteiger partial charge in [-0.2, -0.15) is 0 Å². The van der Waals surface area contributed by atoms with Crippen LogP contribution in [0.1, 0.15) is 27.0 Å². The Morgan fingerprint density at radius 1 is 1.00 bits per heavy atom. The molecule has 4 heteroatoms. The third-order valence-corrected chi connectivity index (χ3v) is 5.51. The molecule has 0 amide bonds. The maximum Gasteiger partial charge on any atom is 0.185 e. The summed E-state index contributed by atoms with van der Waals surface area (Å²) in [5.41, 5.74) is 4.88. The molecule has 0 saturated carbocycles. The van der Waals surface area contributed by atoms with Crippen molar-refractivity contribution in [1.29, 1.82) is 0 Å². The number of aryl methyl sites for hydroxylation is 1. The van der Waals surface area contributed by atoms with Gasteiger partial charge in [0.05, 0.1) is 0 Å². The fourth-order valence-corrected chi connectivity index (χ4v) is 3.82. The molecule has 0 spiro atoms. The quantitative estimate of drug-likeness (QED) is 0.247. The number of hydrogen-bond acceptors (Lipinski definition) is 1. The van der Waals surface area contributed by atoms with E-state index in [1.165, 1.54) is 0 Å². The molecular weight excluding hydrogens is 401 g/mol. The Kier molecular flexibility index (Phi) is 5.57. The number of carbonyl (C=O) groups is 1. The lowest BCUT2D eigenvalue weighted by molar-refractivity contribution is 0.104. The van der Waals surface area contributed by atoms with Gasteiger partial charge in [-0.1, -0.05) is 77.3 Å². The minimum absolute atomic E-state index is 0.0115. The number of ketones is 1. The number of para-hydroxylation sites is 1. The molecule has 3 aromatic carbocycles. The van der Waals surface area contributed by atoms with Gasteiger partial charge in [0.2, 0.25) is 0 Å². The molecule has 144 valence electrons. The molecule has 0 aliphatic carbocycles. The number of benzene rings is 3. The van der Waals surface area contributed by atoms with E-state index in [0.29, 0.717) is 22.2 Å². The van der Waals surface area contributed by atoms with Crippen LogP contribution < -0.4 is 0 Å². The predicted octanol–water partition coefficient (Wildman–Crippen LogP) is 7.20. The summed E-state index contributed by atoms with van der Waals surface area (Å²) in [4.78, 5) is 12.5. The summed E-state index contributed by atoms with van der Waals surface area (Å²) in [6, 6.07) is 21.3. The second-order valence-corrected chi connectivity index (χ2v) is 7.87. The van der Waals surface area contributed by atoms with Crippen molar-refractivity contribution in [3.05, 3.63) is 111 Å². The number of rotatable bonds is 5. The number of carbonyl (C=O) groups excluding carboxylic acids is 1. The summed E-state index contributed by atoms with van der Waals surface area (Å²) in [5.74, 6) is -0.0115. The smallest absolute Gasteiger partial charge is 0.185 e. The molecule has 2 nitrogen and oxygen atoms in total. The van der Waals surface area contributed by atoms with Gasteiger partial charge in [-0.25, -0.2) is 0 Å². The predicted molar refractivity (Wildman–Crippen MR) is 122 cm³/mol. The third kappa shape index (κ3) is 4.29. The van der Waals surface area contributed by atoms with Crippen LogP contribution in [0.4, 0.5) is 0 Å². The molecule has 0 unspecified atom stereocenters. The molecular formula is C25H19Cl2NO. The van der Waals surface area contributed by atoms with Crippen LogP contribution >= 0.6 is 23.2 Å². The Balaban J connectivity index is 1.67. The zero-order chi connectivity index (χ0) is 20.4. The summed E-state index contributed by atoms with van der Waals surface area (Å²) in [7, 11) is 0. The van der Waals surface area contributed by atoms with E-state index in [1.807, 2.05) is 61.5 Å². The van der Waals surface area contributed by atoms with E-state index >= 15 is 0 Å². The van der Waals surface area contributed by atoms with E-state index in [4.69, 9.17) is 23.2 Å². The molecule has 4 aromatic rings. The van der Waals surface area contributed by atoms with Crippen LogP contribution in [0, 0.1) is 6.92 Å². The monoisotopic (exact) mass is 419 g/mol. The number of hydrogen-bond donors (Lipinski definition) is 0. The molecule has 29 heavy (non-hydrogen) atoms. The lowest BCUT2D eigenvalue weighted by Crippen LogP contribution is -1.98. The van der Waals surface area contributed by atoms with Crippen molar-refractivity contribution in [2.75, 3.05) is 0 Å². The third-order valence-electron chi connectivity index (χ3n) is 4.93. The highest BCUT2D eigenvalue weighted by molar-refractivity contribution is 6.35. The van der Waals surface area contributed by atoms with E-state index in [9.17, 15) is 4.79 Å². The minimum atomic E-state index is -0.0115. The van der Waals surface area contributed by atoms with E-state index in [0.717, 1.165) is 27.6 Å². The first kappa shape index (κ1) is 19.5. The van der Waals surface area contributed by atoms with Crippen LogP contribution in [-0.2, 0) is 6.54 Å². The first-order valence-corrected chi connectivity index (χ1v) is 10.1. The Labute approximate surface area is 180 Å². The maximum atomic E-state index is 12.5. The topological polar surface area (TPSA) is 22.0 Å². The second-order valence-electron chi connectivity index (χ2n) is 7.03. The lowest BCUT2D eigenvalue weighted by Gasteiger charge is -2.08. The van der Waals surface area contributed by atoms with Gasteiger partial charge < -0.3 is 4.57 Å². The van der Waals surface area contributed by atoms with Gasteiger partial charge in [0.25, 0.3) is 0 Å². The molecule has 4 rings (SSSR count). The molecule has 0 aliphatic heterocycles. The summed E-state index contributed by atoms with van der Waals surface area (Å²) >= 11 is 12.4. The molecule has 0 saturated heterocycles. The second kappa shape index (κ2) is 8.28. The molecule has 1 aromatic heterocycles. The van der Waals surface area contributed by atoms with Crippen LogP contribution in [0.2, 0.25) is 10.0 Å². The van der Waals surface area contributed by atoms with Crippen LogP contribution in [0.5, 0.6) is 0 Å². The van der Waals surface area contributed by atoms with E-state index < -0.39 is 0 Å². The van der Waals surface area contributed by atoms with Gasteiger partial charge >= 0.3 is 0 Å². The van der Waals surface area contributed by atoms with Crippen LogP contribution in [-0.4, -0.2) is 10.4 Å².